The first kappa shape index (κ1) is 18.8. The molecular formula is C35H18N4O+2. The number of aromatic nitrogens is 4. The van der Waals surface area contributed by atoms with Gasteiger partial charge in [-0.2, -0.15) is 18.3 Å². The topological polar surface area (TPSA) is 26.8 Å². The van der Waals surface area contributed by atoms with E-state index in [0.29, 0.717) is 0 Å². The van der Waals surface area contributed by atoms with Gasteiger partial charge < -0.3 is 4.74 Å². The summed E-state index contributed by atoms with van der Waals surface area (Å²) in [5, 5.41) is 5.05. The van der Waals surface area contributed by atoms with Crippen LogP contribution in [0.1, 0.15) is 11.1 Å². The summed E-state index contributed by atoms with van der Waals surface area (Å²) < 4.78 is 17.0. The number of para-hydroxylation sites is 2. The third kappa shape index (κ3) is 1.60. The van der Waals surface area contributed by atoms with Crippen molar-refractivity contribution in [3.05, 3.63) is 120 Å². The summed E-state index contributed by atoms with van der Waals surface area (Å²) in [5.41, 5.74) is 9.17. The molecule has 0 bridgehead atoms. The normalized spacial score (nSPS) is 15.4. The molecule has 5 heteroatoms. The van der Waals surface area contributed by atoms with Gasteiger partial charge in [-0.05, 0) is 72.8 Å². The predicted molar refractivity (Wildman–Crippen MR) is 153 cm³/mol. The zero-order chi connectivity index (χ0) is 25.5. The van der Waals surface area contributed by atoms with E-state index in [-0.39, 0.29) is 0 Å². The van der Waals surface area contributed by atoms with Crippen LogP contribution >= 0.6 is 0 Å². The molecule has 0 atom stereocenters. The monoisotopic (exact) mass is 510 g/mol. The van der Waals surface area contributed by atoms with E-state index in [0.717, 1.165) is 11.5 Å². The second-order valence-electron chi connectivity index (χ2n) is 11.4. The van der Waals surface area contributed by atoms with E-state index in [9.17, 15) is 0 Å². The van der Waals surface area contributed by atoms with Crippen molar-refractivity contribution in [2.24, 2.45) is 0 Å². The number of nitrogens with zero attached hydrogens (tertiary/aromatic N) is 4. The van der Waals surface area contributed by atoms with Crippen molar-refractivity contribution in [2.45, 2.75) is 5.66 Å². The van der Waals surface area contributed by atoms with Gasteiger partial charge in [-0.3, -0.25) is 0 Å². The number of hydrogen-bond donors (Lipinski definition) is 0. The van der Waals surface area contributed by atoms with Gasteiger partial charge in [0.25, 0.3) is 11.6 Å². The maximum absolute atomic E-state index is 6.89. The highest BCUT2D eigenvalue weighted by molar-refractivity contribution is 6.14. The van der Waals surface area contributed by atoms with Gasteiger partial charge in [-0.25, -0.2) is 0 Å². The van der Waals surface area contributed by atoms with Crippen LogP contribution in [-0.4, -0.2) is 9.13 Å². The lowest BCUT2D eigenvalue weighted by molar-refractivity contribution is -0.934. The van der Waals surface area contributed by atoms with Crippen LogP contribution in [0.5, 0.6) is 11.5 Å². The van der Waals surface area contributed by atoms with Gasteiger partial charge in [0.2, 0.25) is 0 Å². The highest BCUT2D eigenvalue weighted by Crippen LogP contribution is 2.58. The maximum Gasteiger partial charge on any atom is 0.323 e. The summed E-state index contributed by atoms with van der Waals surface area (Å²) in [6, 6.07) is 40.0. The minimum atomic E-state index is -0.603. The van der Waals surface area contributed by atoms with Gasteiger partial charge in [0.1, 0.15) is 33.7 Å². The highest BCUT2D eigenvalue weighted by Gasteiger charge is 2.68. The Kier molecular flexibility index (Phi) is 2.64. The molecule has 8 heterocycles. The minimum Gasteiger partial charge on any atom is -0.456 e. The Hall–Kier alpha value is -5.42. The first-order chi connectivity index (χ1) is 19.9. The molecule has 0 N–H and O–H groups in total. The summed E-state index contributed by atoms with van der Waals surface area (Å²) in [7, 11) is 0. The molecule has 4 aliphatic heterocycles. The Morgan fingerprint density at radius 3 is 1.50 bits per heavy atom. The van der Waals surface area contributed by atoms with Crippen LogP contribution in [0.25, 0.3) is 66.6 Å². The zero-order valence-corrected chi connectivity index (χ0v) is 21.1. The molecular weight excluding hydrogens is 492 g/mol. The van der Waals surface area contributed by atoms with E-state index in [1.54, 1.807) is 0 Å². The number of pyridine rings is 2. The summed E-state index contributed by atoms with van der Waals surface area (Å²) in [6.07, 6.45) is 0. The third-order valence-corrected chi connectivity index (χ3v) is 9.82. The first-order valence-electron chi connectivity index (χ1n) is 13.8. The van der Waals surface area contributed by atoms with Crippen molar-refractivity contribution in [3.63, 3.8) is 0 Å². The molecule has 0 amide bonds. The predicted octanol–water partition coefficient (Wildman–Crippen LogP) is 6.47. The van der Waals surface area contributed by atoms with Crippen LogP contribution in [0.3, 0.4) is 0 Å². The Morgan fingerprint density at radius 2 is 0.975 bits per heavy atom. The molecule has 4 aromatic heterocycles. The molecule has 40 heavy (non-hydrogen) atoms. The second-order valence-corrected chi connectivity index (χ2v) is 11.4. The van der Waals surface area contributed by atoms with Gasteiger partial charge in [0.05, 0.1) is 0 Å². The van der Waals surface area contributed by atoms with E-state index in [4.69, 9.17) is 4.74 Å². The first-order valence-corrected chi connectivity index (χ1v) is 13.8. The van der Waals surface area contributed by atoms with Crippen LogP contribution in [0.15, 0.2) is 109 Å². The van der Waals surface area contributed by atoms with Gasteiger partial charge in [-0.1, -0.05) is 24.3 Å². The molecule has 0 aliphatic carbocycles. The quantitative estimate of drug-likeness (QED) is 0.215. The highest BCUT2D eigenvalue weighted by atomic mass is 16.5. The fraction of sp³-hybridized carbons (Fsp3) is 0.0286. The van der Waals surface area contributed by atoms with Crippen LogP contribution in [0, 0.1) is 0 Å². The lowest BCUT2D eigenvalue weighted by atomic mass is 9.82. The van der Waals surface area contributed by atoms with E-state index in [2.05, 4.69) is 127 Å². The second kappa shape index (κ2) is 5.63. The fourth-order valence-electron chi connectivity index (χ4n) is 8.61. The van der Waals surface area contributed by atoms with Crippen molar-refractivity contribution in [1.82, 2.24) is 9.13 Å². The Morgan fingerprint density at radius 1 is 0.475 bits per heavy atom. The molecule has 182 valence electrons. The van der Waals surface area contributed by atoms with Crippen LogP contribution in [0.4, 0.5) is 0 Å². The average molecular weight is 511 g/mol. The maximum atomic E-state index is 6.89. The van der Waals surface area contributed by atoms with E-state index in [1.165, 1.54) is 77.8 Å². The van der Waals surface area contributed by atoms with Crippen molar-refractivity contribution in [3.8, 4) is 34.5 Å². The van der Waals surface area contributed by atoms with Crippen LogP contribution in [-0.2, 0) is 5.66 Å². The SMILES string of the molecule is c1cc2[n+]3c(c1)-n1c4ccccc4c4ccc5c(c41)C31c3c(ccc4c6ccccc6n(c34)-c3cccc-2[n+]31)O5. The molecule has 12 rings (SSSR count). The number of hydrogen-bond acceptors (Lipinski definition) is 1. The molecule has 4 aliphatic rings. The third-order valence-electron chi connectivity index (χ3n) is 9.82. The summed E-state index contributed by atoms with van der Waals surface area (Å²) in [5.74, 6) is 4.21. The van der Waals surface area contributed by atoms with Crippen molar-refractivity contribution in [1.29, 1.82) is 0 Å². The molecule has 0 unspecified atom stereocenters. The Labute approximate surface area is 226 Å². The minimum absolute atomic E-state index is 0.603. The Bertz CT molecular complexity index is 2400. The molecule has 0 fully saturated rings. The Balaban J connectivity index is 1.47. The molecule has 8 aromatic rings. The van der Waals surface area contributed by atoms with Gasteiger partial charge in [-0.15, -0.1) is 0 Å². The van der Waals surface area contributed by atoms with Gasteiger partial charge >= 0.3 is 5.66 Å². The number of benzene rings is 4. The average Bonchev–Trinajstić information content (AvgIpc) is 3.63. The van der Waals surface area contributed by atoms with E-state index < -0.39 is 5.66 Å². The molecule has 4 aromatic carbocycles. The van der Waals surface area contributed by atoms with Gasteiger partial charge in [0.15, 0.2) is 22.4 Å². The molecule has 0 saturated carbocycles. The molecule has 0 radical (unpaired) electrons. The van der Waals surface area contributed by atoms with E-state index >= 15 is 0 Å². The van der Waals surface area contributed by atoms with Crippen LogP contribution < -0.4 is 13.9 Å². The van der Waals surface area contributed by atoms with Crippen molar-refractivity contribution in [2.75, 3.05) is 0 Å². The molecule has 1 spiro atoms. The number of fused-ring (bicyclic) bond motifs is 9. The van der Waals surface area contributed by atoms with Crippen LogP contribution in [0.2, 0.25) is 0 Å². The van der Waals surface area contributed by atoms with Gasteiger partial charge in [0, 0.05) is 33.7 Å². The van der Waals surface area contributed by atoms with Crippen molar-refractivity contribution < 1.29 is 13.9 Å². The van der Waals surface area contributed by atoms with Crippen molar-refractivity contribution >= 4 is 43.6 Å². The molecule has 0 saturated heterocycles. The summed E-state index contributed by atoms with van der Waals surface area (Å²) in [4.78, 5) is 0. The standard InChI is InChI=1S/C35H18N4O/c1-3-9-23-19(7-1)21-15-17-27-31-33(21)36(23)29-13-5-11-25-26-12-6-14-30-37-24-10-4-2-8-20(24)22-16-18-28(40-27)32(34(22)37)35(31,38(25)29)39(26)30/h1-18H/q+2. The summed E-state index contributed by atoms with van der Waals surface area (Å²) >= 11 is 0. The fourth-order valence-corrected chi connectivity index (χ4v) is 8.61. The lowest BCUT2D eigenvalue weighted by Crippen LogP contribution is -2.75. The smallest absolute Gasteiger partial charge is 0.323 e. The molecule has 5 nitrogen and oxygen atoms in total. The lowest BCUT2D eigenvalue weighted by Gasteiger charge is -2.38. The number of ether oxygens (including phenoxy) is 1. The summed E-state index contributed by atoms with van der Waals surface area (Å²) in [6.45, 7) is 0. The van der Waals surface area contributed by atoms with E-state index in [1.807, 2.05) is 0 Å². The zero-order valence-electron chi connectivity index (χ0n) is 21.1. The number of rotatable bonds is 0. The largest absolute Gasteiger partial charge is 0.456 e.